The molecule has 0 fully saturated rings. The van der Waals surface area contributed by atoms with Crippen LogP contribution in [0.15, 0.2) is 81.3 Å². The highest BCUT2D eigenvalue weighted by atomic mass is 16.5. The SMILES string of the molecule is COc1ccc2oc(=O)c3c(c2c1)OC(N)=C(C#N)C3c1ccc(OC)c(-c2ccccc2C)c1. The monoisotopic (exact) mass is 466 g/mol. The molecule has 4 aromatic rings. The van der Waals surface area contributed by atoms with Crippen molar-refractivity contribution >= 4 is 11.0 Å². The summed E-state index contributed by atoms with van der Waals surface area (Å²) in [7, 11) is 3.15. The largest absolute Gasteiger partial charge is 0.497 e. The number of nitrogens with zero attached hydrogens (tertiary/aromatic N) is 1. The van der Waals surface area contributed by atoms with Crippen LogP contribution < -0.4 is 25.6 Å². The van der Waals surface area contributed by atoms with E-state index in [0.29, 0.717) is 28.0 Å². The summed E-state index contributed by atoms with van der Waals surface area (Å²) in [5.74, 6) is 0.636. The molecule has 7 heteroatoms. The minimum atomic E-state index is -0.788. The summed E-state index contributed by atoms with van der Waals surface area (Å²) in [4.78, 5) is 13.2. The van der Waals surface area contributed by atoms with Gasteiger partial charge in [0.15, 0.2) is 5.75 Å². The Morgan fingerprint density at radius 3 is 2.51 bits per heavy atom. The number of methoxy groups -OCH3 is 2. The Morgan fingerprint density at radius 2 is 1.80 bits per heavy atom. The summed E-state index contributed by atoms with van der Waals surface area (Å²) in [5.41, 5.74) is 9.84. The maximum absolute atomic E-state index is 13.2. The van der Waals surface area contributed by atoms with Crippen LogP contribution >= 0.6 is 0 Å². The van der Waals surface area contributed by atoms with E-state index in [2.05, 4.69) is 6.07 Å². The fourth-order valence-electron chi connectivity index (χ4n) is 4.55. The fraction of sp³-hybridized carbons (Fsp3) is 0.143. The van der Waals surface area contributed by atoms with Gasteiger partial charge in [0, 0.05) is 5.56 Å². The Kier molecular flexibility index (Phi) is 5.42. The quantitative estimate of drug-likeness (QED) is 0.422. The van der Waals surface area contributed by atoms with Gasteiger partial charge in [-0.1, -0.05) is 30.3 Å². The number of hydrogen-bond acceptors (Lipinski definition) is 7. The first-order valence-electron chi connectivity index (χ1n) is 10.9. The fourth-order valence-corrected chi connectivity index (χ4v) is 4.55. The van der Waals surface area contributed by atoms with E-state index in [1.54, 1.807) is 32.4 Å². The third kappa shape index (κ3) is 3.56. The lowest BCUT2D eigenvalue weighted by atomic mass is 9.82. The van der Waals surface area contributed by atoms with Crippen LogP contribution in [0.1, 0.15) is 22.6 Å². The summed E-state index contributed by atoms with van der Waals surface area (Å²) in [5, 5.41) is 10.5. The van der Waals surface area contributed by atoms with Crippen molar-refractivity contribution < 1.29 is 18.6 Å². The Balaban J connectivity index is 1.81. The first-order chi connectivity index (χ1) is 17.0. The summed E-state index contributed by atoms with van der Waals surface area (Å²) < 4.78 is 22.5. The average Bonchev–Trinajstić information content (AvgIpc) is 2.87. The lowest BCUT2D eigenvalue weighted by Gasteiger charge is -2.26. The van der Waals surface area contributed by atoms with Gasteiger partial charge < -0.3 is 24.4 Å². The van der Waals surface area contributed by atoms with Crippen LogP contribution in [0.3, 0.4) is 0 Å². The van der Waals surface area contributed by atoms with E-state index >= 15 is 0 Å². The maximum atomic E-state index is 13.2. The van der Waals surface area contributed by atoms with Crippen LogP contribution in [0.5, 0.6) is 17.2 Å². The number of rotatable bonds is 4. The van der Waals surface area contributed by atoms with E-state index in [1.807, 2.05) is 49.4 Å². The van der Waals surface area contributed by atoms with Gasteiger partial charge in [-0.15, -0.1) is 0 Å². The topological polar surface area (TPSA) is 108 Å². The van der Waals surface area contributed by atoms with Crippen LogP contribution in [-0.2, 0) is 0 Å². The minimum absolute atomic E-state index is 0.0621. The zero-order valence-electron chi connectivity index (χ0n) is 19.4. The van der Waals surface area contributed by atoms with Crippen LogP contribution in [0, 0.1) is 18.3 Å². The second-order valence-electron chi connectivity index (χ2n) is 8.19. The van der Waals surface area contributed by atoms with Gasteiger partial charge in [0.2, 0.25) is 5.88 Å². The average molecular weight is 466 g/mol. The van der Waals surface area contributed by atoms with Crippen LogP contribution in [0.2, 0.25) is 0 Å². The van der Waals surface area contributed by atoms with Crippen molar-refractivity contribution in [2.45, 2.75) is 12.8 Å². The lowest BCUT2D eigenvalue weighted by Crippen LogP contribution is -2.26. The molecule has 2 heterocycles. The molecule has 1 aliphatic rings. The third-order valence-electron chi connectivity index (χ3n) is 6.27. The minimum Gasteiger partial charge on any atom is -0.497 e. The Hall–Kier alpha value is -4.70. The molecular formula is C28H22N2O5. The van der Waals surface area contributed by atoms with Crippen molar-refractivity contribution in [3.63, 3.8) is 0 Å². The molecule has 1 atom stereocenters. The molecule has 35 heavy (non-hydrogen) atoms. The highest BCUT2D eigenvalue weighted by molar-refractivity contribution is 5.87. The standard InChI is InChI=1S/C28H22N2O5/c1-15-6-4-5-7-18(15)19-12-16(8-10-22(19)33-3)24-21(14-29)27(30)35-26-20-13-17(32-2)9-11-23(20)34-28(31)25(24)26/h4-13,24H,30H2,1-3H3. The summed E-state index contributed by atoms with van der Waals surface area (Å²) >= 11 is 0. The van der Waals surface area contributed by atoms with Crippen molar-refractivity contribution in [2.24, 2.45) is 5.73 Å². The molecule has 0 spiro atoms. The molecule has 1 unspecified atom stereocenters. The normalized spacial score (nSPS) is 14.7. The van der Waals surface area contributed by atoms with Crippen molar-refractivity contribution in [2.75, 3.05) is 14.2 Å². The number of fused-ring (bicyclic) bond motifs is 3. The predicted molar refractivity (Wildman–Crippen MR) is 132 cm³/mol. The molecule has 0 aliphatic carbocycles. The van der Waals surface area contributed by atoms with Crippen LogP contribution in [0.4, 0.5) is 0 Å². The van der Waals surface area contributed by atoms with E-state index < -0.39 is 11.5 Å². The van der Waals surface area contributed by atoms with Crippen molar-refractivity contribution in [3.8, 4) is 34.4 Å². The van der Waals surface area contributed by atoms with Crippen molar-refractivity contribution in [1.29, 1.82) is 5.26 Å². The second kappa shape index (κ2) is 8.58. The Bertz CT molecular complexity index is 1610. The summed E-state index contributed by atoms with van der Waals surface area (Å²) in [6.07, 6.45) is 0. The Morgan fingerprint density at radius 1 is 1.00 bits per heavy atom. The molecule has 0 radical (unpaired) electrons. The van der Waals surface area contributed by atoms with E-state index in [-0.39, 0.29) is 22.8 Å². The molecule has 5 rings (SSSR count). The Labute approximate surface area is 201 Å². The van der Waals surface area contributed by atoms with Crippen LogP contribution in [-0.4, -0.2) is 14.2 Å². The van der Waals surface area contributed by atoms with Crippen molar-refractivity contribution in [3.05, 3.63) is 99.2 Å². The molecule has 1 aliphatic heterocycles. The van der Waals surface area contributed by atoms with Gasteiger partial charge in [0.25, 0.3) is 0 Å². The van der Waals surface area contributed by atoms with E-state index in [1.165, 1.54) is 0 Å². The number of nitriles is 1. The molecular weight excluding hydrogens is 444 g/mol. The number of ether oxygens (including phenoxy) is 3. The van der Waals surface area contributed by atoms with Crippen LogP contribution in [0.25, 0.3) is 22.1 Å². The summed E-state index contributed by atoms with van der Waals surface area (Å²) in [6, 6.07) is 20.7. The summed E-state index contributed by atoms with van der Waals surface area (Å²) in [6.45, 7) is 2.01. The number of allylic oxidation sites excluding steroid dienone is 1. The van der Waals surface area contributed by atoms with E-state index in [4.69, 9.17) is 24.4 Å². The third-order valence-corrected chi connectivity index (χ3v) is 6.27. The van der Waals surface area contributed by atoms with Gasteiger partial charge in [-0.25, -0.2) is 4.79 Å². The molecule has 3 aromatic carbocycles. The van der Waals surface area contributed by atoms with E-state index in [0.717, 1.165) is 16.7 Å². The smallest absolute Gasteiger partial charge is 0.344 e. The molecule has 1 aromatic heterocycles. The molecule has 0 amide bonds. The van der Waals surface area contributed by atoms with Gasteiger partial charge in [-0.3, -0.25) is 0 Å². The van der Waals surface area contributed by atoms with Gasteiger partial charge in [-0.05, 0) is 53.9 Å². The number of hydrogen-bond donors (Lipinski definition) is 1. The molecule has 174 valence electrons. The molecule has 2 N–H and O–H groups in total. The number of benzene rings is 3. The molecule has 0 saturated carbocycles. The van der Waals surface area contributed by atoms with E-state index in [9.17, 15) is 10.1 Å². The zero-order chi connectivity index (χ0) is 24.7. The van der Waals surface area contributed by atoms with Gasteiger partial charge in [0.05, 0.1) is 31.1 Å². The van der Waals surface area contributed by atoms with Gasteiger partial charge >= 0.3 is 5.63 Å². The molecule has 7 nitrogen and oxygen atoms in total. The van der Waals surface area contributed by atoms with Crippen molar-refractivity contribution in [1.82, 2.24) is 0 Å². The van der Waals surface area contributed by atoms with Gasteiger partial charge in [0.1, 0.15) is 28.7 Å². The zero-order valence-corrected chi connectivity index (χ0v) is 19.4. The molecule has 0 saturated heterocycles. The number of nitrogens with two attached hydrogens (primary N) is 1. The lowest BCUT2D eigenvalue weighted by molar-refractivity contribution is 0.386. The first kappa shape index (κ1) is 22.1. The maximum Gasteiger partial charge on any atom is 0.344 e. The number of aryl methyl sites for hydroxylation is 1. The highest BCUT2D eigenvalue weighted by Gasteiger charge is 2.36. The van der Waals surface area contributed by atoms with Gasteiger partial charge in [-0.2, -0.15) is 5.26 Å². The molecule has 0 bridgehead atoms. The second-order valence-corrected chi connectivity index (χ2v) is 8.19. The first-order valence-corrected chi connectivity index (χ1v) is 10.9. The predicted octanol–water partition coefficient (Wildman–Crippen LogP) is 5.00. The highest BCUT2D eigenvalue weighted by Crippen LogP contribution is 2.45.